The first-order chi connectivity index (χ1) is 10.7. The number of methoxy groups -OCH3 is 1. The molecule has 2 fully saturated rings. The smallest absolute Gasteiger partial charge is 0.289 e. The van der Waals surface area contributed by atoms with Crippen LogP contribution < -0.4 is 0 Å². The first-order valence-corrected chi connectivity index (χ1v) is 8.13. The van der Waals surface area contributed by atoms with Gasteiger partial charge in [0.15, 0.2) is 5.76 Å². The molecule has 1 saturated carbocycles. The van der Waals surface area contributed by atoms with Gasteiger partial charge in [0, 0.05) is 25.6 Å². The lowest BCUT2D eigenvalue weighted by Crippen LogP contribution is -2.48. The van der Waals surface area contributed by atoms with Gasteiger partial charge in [-0.05, 0) is 37.3 Å². The van der Waals surface area contributed by atoms with Crippen molar-refractivity contribution in [2.45, 2.75) is 38.7 Å². The summed E-state index contributed by atoms with van der Waals surface area (Å²) in [7, 11) is 1.60. The van der Waals surface area contributed by atoms with Crippen molar-refractivity contribution >= 4 is 5.91 Å². The number of piperidine rings is 1. The Morgan fingerprint density at radius 2 is 2.32 bits per heavy atom. The van der Waals surface area contributed by atoms with E-state index < -0.39 is 0 Å². The van der Waals surface area contributed by atoms with E-state index in [2.05, 4.69) is 0 Å². The van der Waals surface area contributed by atoms with Crippen molar-refractivity contribution in [1.29, 1.82) is 0 Å². The molecule has 2 heterocycles. The molecule has 1 saturated heterocycles. The quantitative estimate of drug-likeness (QED) is 0.877. The molecule has 0 bridgehead atoms. The minimum absolute atomic E-state index is 0.0734. The number of rotatable bonds is 6. The second kappa shape index (κ2) is 6.42. The lowest BCUT2D eigenvalue weighted by molar-refractivity contribution is 0.0177. The van der Waals surface area contributed by atoms with Gasteiger partial charge in [0.2, 0.25) is 0 Å². The first kappa shape index (κ1) is 15.6. The van der Waals surface area contributed by atoms with Gasteiger partial charge in [-0.3, -0.25) is 4.79 Å². The molecule has 0 spiro atoms. The third-order valence-electron chi connectivity index (χ3n) is 4.86. The van der Waals surface area contributed by atoms with Crippen LogP contribution in [0.25, 0.3) is 0 Å². The van der Waals surface area contributed by atoms with Crippen LogP contribution in [0.2, 0.25) is 0 Å². The van der Waals surface area contributed by atoms with Crippen LogP contribution in [0.5, 0.6) is 0 Å². The van der Waals surface area contributed by atoms with E-state index in [0.717, 1.165) is 31.7 Å². The van der Waals surface area contributed by atoms with Gasteiger partial charge in [0.1, 0.15) is 12.4 Å². The molecule has 0 radical (unpaired) electrons. The number of furan rings is 1. The molecule has 122 valence electrons. The summed E-state index contributed by atoms with van der Waals surface area (Å²) >= 11 is 0. The highest BCUT2D eigenvalue weighted by atomic mass is 16.5. The maximum Gasteiger partial charge on any atom is 0.289 e. The van der Waals surface area contributed by atoms with Crippen molar-refractivity contribution < 1.29 is 19.1 Å². The van der Waals surface area contributed by atoms with Crippen LogP contribution in [0.3, 0.4) is 0 Å². The Morgan fingerprint density at radius 3 is 3.00 bits per heavy atom. The fourth-order valence-corrected chi connectivity index (χ4v) is 3.54. The Bertz CT molecular complexity index is 522. The third kappa shape index (κ3) is 3.36. The number of amides is 1. The fraction of sp³-hybridized carbons (Fsp3) is 0.706. The molecule has 5 nitrogen and oxygen atoms in total. The van der Waals surface area contributed by atoms with Crippen LogP contribution >= 0.6 is 0 Å². The molecular formula is C17H25NO4. The van der Waals surface area contributed by atoms with Crippen LogP contribution in [0.1, 0.15) is 48.4 Å². The van der Waals surface area contributed by atoms with E-state index in [1.54, 1.807) is 19.2 Å². The van der Waals surface area contributed by atoms with Crippen molar-refractivity contribution in [1.82, 2.24) is 4.90 Å². The molecular weight excluding hydrogens is 282 g/mol. The Hall–Kier alpha value is -1.33. The fourth-order valence-electron chi connectivity index (χ4n) is 3.54. The van der Waals surface area contributed by atoms with Crippen LogP contribution in [-0.4, -0.2) is 42.7 Å². The molecule has 1 N–H and O–H groups in total. The van der Waals surface area contributed by atoms with E-state index in [1.165, 1.54) is 12.8 Å². The van der Waals surface area contributed by atoms with Gasteiger partial charge in [0.05, 0.1) is 6.61 Å². The molecule has 3 rings (SSSR count). The van der Waals surface area contributed by atoms with Crippen LogP contribution in [0.15, 0.2) is 16.5 Å². The number of nitrogens with zero attached hydrogens (tertiary/aromatic N) is 1. The molecule has 22 heavy (non-hydrogen) atoms. The van der Waals surface area contributed by atoms with E-state index in [1.807, 2.05) is 4.90 Å². The summed E-state index contributed by atoms with van der Waals surface area (Å²) < 4.78 is 10.6. The highest BCUT2D eigenvalue weighted by Gasteiger charge is 2.41. The standard InChI is InChI=1S/C17H25NO4/c1-21-10-14-5-6-15(22-14)16(20)18-8-2-7-17(11-18,12-19)9-13-3-4-13/h5-6,13,19H,2-4,7-12H2,1H3/t17-/m0/s1. The number of carbonyl (C=O) groups is 1. The monoisotopic (exact) mass is 307 g/mol. The summed E-state index contributed by atoms with van der Waals surface area (Å²) in [5, 5.41) is 9.88. The second-order valence-corrected chi connectivity index (χ2v) is 6.83. The SMILES string of the molecule is COCc1ccc(C(=O)N2CCC[C@](CO)(CC3CC3)C2)o1. The molecule has 1 aromatic heterocycles. The van der Waals surface area contributed by atoms with Gasteiger partial charge in [-0.1, -0.05) is 12.8 Å². The number of carbonyl (C=O) groups excluding carboxylic acids is 1. The number of aliphatic hydroxyl groups is 1. The zero-order valence-electron chi connectivity index (χ0n) is 13.2. The molecule has 1 aromatic rings. The van der Waals surface area contributed by atoms with E-state index in [4.69, 9.17) is 9.15 Å². The number of hydrogen-bond acceptors (Lipinski definition) is 4. The molecule has 1 atom stereocenters. The summed E-state index contributed by atoms with van der Waals surface area (Å²) in [6.07, 6.45) is 5.55. The van der Waals surface area contributed by atoms with Gasteiger partial charge in [-0.25, -0.2) is 0 Å². The van der Waals surface area contributed by atoms with Gasteiger partial charge >= 0.3 is 0 Å². The average Bonchev–Trinajstić information content (AvgIpc) is 3.22. The minimum Gasteiger partial charge on any atom is -0.453 e. The summed E-state index contributed by atoms with van der Waals surface area (Å²) in [4.78, 5) is 14.5. The predicted octanol–water partition coefficient (Wildman–Crippen LogP) is 2.44. The number of hydrogen-bond donors (Lipinski definition) is 1. The lowest BCUT2D eigenvalue weighted by atomic mass is 9.76. The van der Waals surface area contributed by atoms with Gasteiger partial charge in [-0.2, -0.15) is 0 Å². The van der Waals surface area contributed by atoms with Gasteiger partial charge < -0.3 is 19.2 Å². The molecule has 2 aliphatic rings. The molecule has 1 aliphatic heterocycles. The Morgan fingerprint density at radius 1 is 1.50 bits per heavy atom. The van der Waals surface area contributed by atoms with Crippen molar-refractivity contribution in [2.75, 3.05) is 26.8 Å². The molecule has 1 aliphatic carbocycles. The molecule has 1 amide bonds. The maximum atomic E-state index is 12.6. The summed E-state index contributed by atoms with van der Waals surface area (Å²) in [5.74, 6) is 1.70. The van der Waals surface area contributed by atoms with E-state index >= 15 is 0 Å². The highest BCUT2D eigenvalue weighted by Crippen LogP contribution is 2.44. The third-order valence-corrected chi connectivity index (χ3v) is 4.86. The van der Waals surface area contributed by atoms with Crippen molar-refractivity contribution in [3.8, 4) is 0 Å². The van der Waals surface area contributed by atoms with Crippen molar-refractivity contribution in [3.05, 3.63) is 23.7 Å². The molecule has 5 heteroatoms. The van der Waals surface area contributed by atoms with Gasteiger partial charge in [0.25, 0.3) is 5.91 Å². The average molecular weight is 307 g/mol. The van der Waals surface area contributed by atoms with Crippen molar-refractivity contribution in [2.24, 2.45) is 11.3 Å². The van der Waals surface area contributed by atoms with Crippen LogP contribution in [-0.2, 0) is 11.3 Å². The normalized spacial score (nSPS) is 25.5. The van der Waals surface area contributed by atoms with Crippen LogP contribution in [0.4, 0.5) is 0 Å². The number of aliphatic hydroxyl groups excluding tert-OH is 1. The first-order valence-electron chi connectivity index (χ1n) is 8.13. The number of likely N-dealkylation sites (tertiary alicyclic amines) is 1. The minimum atomic E-state index is -0.114. The van der Waals surface area contributed by atoms with Gasteiger partial charge in [-0.15, -0.1) is 0 Å². The number of ether oxygens (including phenoxy) is 1. The summed E-state index contributed by atoms with van der Waals surface area (Å²) in [6.45, 7) is 1.92. The topological polar surface area (TPSA) is 62.9 Å². The Balaban J connectivity index is 1.68. The Kier molecular flexibility index (Phi) is 4.54. The van der Waals surface area contributed by atoms with Crippen LogP contribution in [0, 0.1) is 11.3 Å². The zero-order chi connectivity index (χ0) is 15.6. The second-order valence-electron chi connectivity index (χ2n) is 6.83. The Labute approximate surface area is 131 Å². The van der Waals surface area contributed by atoms with Crippen molar-refractivity contribution in [3.63, 3.8) is 0 Å². The van der Waals surface area contributed by atoms with E-state index in [0.29, 0.717) is 24.7 Å². The van der Waals surface area contributed by atoms with E-state index in [-0.39, 0.29) is 17.9 Å². The molecule has 0 aromatic carbocycles. The predicted molar refractivity (Wildman–Crippen MR) is 81.4 cm³/mol. The highest BCUT2D eigenvalue weighted by molar-refractivity contribution is 5.91. The molecule has 0 unspecified atom stereocenters. The largest absolute Gasteiger partial charge is 0.453 e. The zero-order valence-corrected chi connectivity index (χ0v) is 13.2. The summed E-state index contributed by atoms with van der Waals surface area (Å²) in [5.41, 5.74) is -0.114. The summed E-state index contributed by atoms with van der Waals surface area (Å²) in [6, 6.07) is 3.50. The maximum absolute atomic E-state index is 12.6. The lowest BCUT2D eigenvalue weighted by Gasteiger charge is -2.41. The van der Waals surface area contributed by atoms with E-state index in [9.17, 15) is 9.90 Å².